The first-order chi connectivity index (χ1) is 6.26. The molecule has 13 heavy (non-hydrogen) atoms. The quantitative estimate of drug-likeness (QED) is 0.518. The van der Waals surface area contributed by atoms with Crippen LogP contribution in [-0.2, 0) is 6.54 Å². The van der Waals surface area contributed by atoms with E-state index >= 15 is 0 Å². The van der Waals surface area contributed by atoms with Crippen LogP contribution in [0.3, 0.4) is 0 Å². The normalized spacial score (nSPS) is 9.31. The molecule has 0 aromatic carbocycles. The lowest BCUT2D eigenvalue weighted by molar-refractivity contribution is 0.401. The first kappa shape index (κ1) is 9.53. The Morgan fingerprint density at radius 1 is 1.54 bits per heavy atom. The molecule has 0 fully saturated rings. The van der Waals surface area contributed by atoms with Gasteiger partial charge in [-0.2, -0.15) is 5.26 Å². The van der Waals surface area contributed by atoms with Crippen molar-refractivity contribution in [1.29, 1.82) is 5.26 Å². The molecule has 1 aromatic rings. The molecule has 3 heteroatoms. The molecule has 0 N–H and O–H groups in total. The van der Waals surface area contributed by atoms with Gasteiger partial charge in [-0.3, -0.25) is 4.98 Å². The molecule has 0 bridgehead atoms. The Balaban J connectivity index is 2.69. The van der Waals surface area contributed by atoms with Crippen molar-refractivity contribution in [3.05, 3.63) is 29.6 Å². The zero-order chi connectivity index (χ0) is 9.68. The van der Waals surface area contributed by atoms with Crippen LogP contribution in [0.25, 0.3) is 0 Å². The van der Waals surface area contributed by atoms with E-state index in [1.165, 1.54) is 0 Å². The average molecular weight is 175 g/mol. The minimum Gasteiger partial charge on any atom is -0.305 e. The van der Waals surface area contributed by atoms with E-state index in [1.54, 1.807) is 4.90 Å². The molecule has 0 atom stereocenters. The summed E-state index contributed by atoms with van der Waals surface area (Å²) >= 11 is 0. The predicted octanol–water partition coefficient (Wildman–Crippen LogP) is 1.69. The number of nitriles is 1. The van der Waals surface area contributed by atoms with Crippen molar-refractivity contribution < 1.29 is 0 Å². The molecule has 0 aliphatic rings. The minimum atomic E-state index is 0.606. The highest BCUT2D eigenvalue weighted by Crippen LogP contribution is 2.01. The molecule has 0 saturated carbocycles. The van der Waals surface area contributed by atoms with Crippen LogP contribution in [0.15, 0.2) is 18.2 Å². The average Bonchev–Trinajstić information content (AvgIpc) is 2.14. The molecule has 0 amide bonds. The molecule has 1 aromatic heterocycles. The summed E-state index contributed by atoms with van der Waals surface area (Å²) in [5.41, 5.74) is 1.94. The molecule has 1 rings (SSSR count). The summed E-state index contributed by atoms with van der Waals surface area (Å²) in [6.07, 6.45) is 2.11. The topological polar surface area (TPSA) is 39.9 Å². The van der Waals surface area contributed by atoms with Gasteiger partial charge >= 0.3 is 0 Å². The monoisotopic (exact) mass is 175 g/mol. The number of pyridine rings is 1. The summed E-state index contributed by atoms with van der Waals surface area (Å²) in [5.74, 6) is 0. The van der Waals surface area contributed by atoms with E-state index in [1.807, 2.05) is 32.0 Å². The highest BCUT2D eigenvalue weighted by molar-refractivity contribution is 5.10. The largest absolute Gasteiger partial charge is 0.305 e. The van der Waals surface area contributed by atoms with Gasteiger partial charge in [0.05, 0.1) is 12.2 Å². The summed E-state index contributed by atoms with van der Waals surface area (Å²) < 4.78 is 0. The van der Waals surface area contributed by atoms with E-state index in [0.29, 0.717) is 6.54 Å². The van der Waals surface area contributed by atoms with Crippen LogP contribution in [0.2, 0.25) is 0 Å². The second-order valence-corrected chi connectivity index (χ2v) is 2.88. The highest BCUT2D eigenvalue weighted by Gasteiger charge is 2.00. The Morgan fingerprint density at radius 2 is 2.31 bits per heavy atom. The van der Waals surface area contributed by atoms with Gasteiger partial charge in [0.15, 0.2) is 6.19 Å². The lowest BCUT2D eigenvalue weighted by Gasteiger charge is -2.11. The van der Waals surface area contributed by atoms with Crippen LogP contribution in [0.1, 0.15) is 18.3 Å². The molecule has 0 radical (unpaired) electrons. The van der Waals surface area contributed by atoms with Gasteiger partial charge in [0.25, 0.3) is 0 Å². The van der Waals surface area contributed by atoms with E-state index in [9.17, 15) is 0 Å². The molecular weight excluding hydrogens is 162 g/mol. The van der Waals surface area contributed by atoms with E-state index in [0.717, 1.165) is 17.9 Å². The van der Waals surface area contributed by atoms with Crippen LogP contribution in [0.5, 0.6) is 0 Å². The van der Waals surface area contributed by atoms with E-state index in [-0.39, 0.29) is 0 Å². The molecular formula is C10H13N3. The van der Waals surface area contributed by atoms with Crippen molar-refractivity contribution in [2.24, 2.45) is 0 Å². The Kier molecular flexibility index (Phi) is 3.27. The van der Waals surface area contributed by atoms with Crippen molar-refractivity contribution in [3.8, 4) is 6.19 Å². The number of rotatable bonds is 3. The number of aryl methyl sites for hydroxylation is 1. The van der Waals surface area contributed by atoms with Gasteiger partial charge in [0, 0.05) is 12.2 Å². The first-order valence-corrected chi connectivity index (χ1v) is 4.33. The van der Waals surface area contributed by atoms with Crippen LogP contribution in [-0.4, -0.2) is 16.4 Å². The molecule has 0 aliphatic heterocycles. The van der Waals surface area contributed by atoms with E-state index in [4.69, 9.17) is 5.26 Å². The van der Waals surface area contributed by atoms with Crippen molar-refractivity contribution >= 4 is 0 Å². The lowest BCUT2D eigenvalue weighted by Crippen LogP contribution is -2.17. The fraction of sp³-hybridized carbons (Fsp3) is 0.400. The van der Waals surface area contributed by atoms with Crippen molar-refractivity contribution in [2.75, 3.05) is 6.54 Å². The van der Waals surface area contributed by atoms with Gasteiger partial charge in [-0.25, -0.2) is 0 Å². The number of aromatic nitrogens is 1. The van der Waals surface area contributed by atoms with Crippen LogP contribution < -0.4 is 0 Å². The fourth-order valence-electron chi connectivity index (χ4n) is 1.10. The predicted molar refractivity (Wildman–Crippen MR) is 50.7 cm³/mol. The molecule has 68 valence electrons. The summed E-state index contributed by atoms with van der Waals surface area (Å²) in [6.45, 7) is 5.24. The molecule has 0 spiro atoms. The zero-order valence-electron chi connectivity index (χ0n) is 7.99. The second kappa shape index (κ2) is 4.46. The summed E-state index contributed by atoms with van der Waals surface area (Å²) in [5, 5.41) is 8.70. The number of nitrogens with zero attached hydrogens (tertiary/aromatic N) is 3. The van der Waals surface area contributed by atoms with Gasteiger partial charge in [0.2, 0.25) is 0 Å². The van der Waals surface area contributed by atoms with Crippen LogP contribution in [0, 0.1) is 18.4 Å². The second-order valence-electron chi connectivity index (χ2n) is 2.88. The summed E-state index contributed by atoms with van der Waals surface area (Å²) in [6, 6.07) is 5.85. The third-order valence-corrected chi connectivity index (χ3v) is 1.82. The van der Waals surface area contributed by atoms with Gasteiger partial charge in [0.1, 0.15) is 0 Å². The molecule has 0 saturated heterocycles. The minimum absolute atomic E-state index is 0.606. The van der Waals surface area contributed by atoms with Crippen molar-refractivity contribution in [1.82, 2.24) is 9.88 Å². The maximum absolute atomic E-state index is 8.70. The van der Waals surface area contributed by atoms with Crippen LogP contribution >= 0.6 is 0 Å². The fourth-order valence-corrected chi connectivity index (χ4v) is 1.10. The first-order valence-electron chi connectivity index (χ1n) is 4.33. The third-order valence-electron chi connectivity index (χ3n) is 1.82. The standard InChI is InChI=1S/C10H13N3/c1-3-13(8-11)7-10-6-4-5-9(2)12-10/h4-6H,3,7H2,1-2H3. The molecule has 0 aliphatic carbocycles. The van der Waals surface area contributed by atoms with E-state index < -0.39 is 0 Å². The van der Waals surface area contributed by atoms with Crippen LogP contribution in [0.4, 0.5) is 0 Å². The SMILES string of the molecule is CCN(C#N)Cc1cccc(C)n1. The maximum atomic E-state index is 8.70. The number of hydrogen-bond donors (Lipinski definition) is 0. The molecule has 1 heterocycles. The Labute approximate surface area is 78.6 Å². The van der Waals surface area contributed by atoms with Gasteiger partial charge in [-0.15, -0.1) is 0 Å². The number of hydrogen-bond acceptors (Lipinski definition) is 3. The van der Waals surface area contributed by atoms with Gasteiger partial charge in [-0.1, -0.05) is 6.07 Å². The van der Waals surface area contributed by atoms with Crippen molar-refractivity contribution in [2.45, 2.75) is 20.4 Å². The van der Waals surface area contributed by atoms with Gasteiger partial charge < -0.3 is 4.90 Å². The smallest absolute Gasteiger partial charge is 0.179 e. The Bertz CT molecular complexity index is 314. The molecule has 3 nitrogen and oxygen atoms in total. The third kappa shape index (κ3) is 2.75. The van der Waals surface area contributed by atoms with Crippen molar-refractivity contribution in [3.63, 3.8) is 0 Å². The van der Waals surface area contributed by atoms with Gasteiger partial charge in [-0.05, 0) is 26.0 Å². The highest BCUT2D eigenvalue weighted by atomic mass is 15.1. The lowest BCUT2D eigenvalue weighted by atomic mass is 10.3. The summed E-state index contributed by atoms with van der Waals surface area (Å²) in [4.78, 5) is 5.98. The summed E-state index contributed by atoms with van der Waals surface area (Å²) in [7, 11) is 0. The Hall–Kier alpha value is -1.56. The maximum Gasteiger partial charge on any atom is 0.179 e. The van der Waals surface area contributed by atoms with E-state index in [2.05, 4.69) is 11.2 Å². The zero-order valence-corrected chi connectivity index (χ0v) is 7.99. The molecule has 0 unspecified atom stereocenters. The Morgan fingerprint density at radius 3 is 2.85 bits per heavy atom.